The van der Waals surface area contributed by atoms with Crippen LogP contribution in [0.25, 0.3) is 0 Å². The van der Waals surface area contributed by atoms with Gasteiger partial charge >= 0.3 is 0 Å². The van der Waals surface area contributed by atoms with Gasteiger partial charge < -0.3 is 19.5 Å². The molecule has 3 aromatic carbocycles. The molecule has 1 aliphatic heterocycles. The minimum atomic E-state index is -0.935. The number of ketones is 1. The van der Waals surface area contributed by atoms with Crippen LogP contribution in [0.3, 0.4) is 0 Å². The second kappa shape index (κ2) is 12.6. The van der Waals surface area contributed by atoms with Crippen LogP contribution in [0.2, 0.25) is 5.02 Å². The van der Waals surface area contributed by atoms with Crippen molar-refractivity contribution < 1.29 is 23.8 Å². The molecule has 7 nitrogen and oxygen atoms in total. The third kappa shape index (κ3) is 7.12. The first-order valence-electron chi connectivity index (χ1n) is 12.4. The quantitative estimate of drug-likeness (QED) is 0.391. The normalized spacial score (nSPS) is 14.2. The lowest BCUT2D eigenvalue weighted by molar-refractivity contribution is -0.117. The Morgan fingerprint density at radius 1 is 1.03 bits per heavy atom. The zero-order chi connectivity index (χ0) is 27.0. The van der Waals surface area contributed by atoms with E-state index in [9.17, 15) is 14.9 Å². The van der Waals surface area contributed by atoms with Gasteiger partial charge in [-0.25, -0.2) is 0 Å². The summed E-state index contributed by atoms with van der Waals surface area (Å²) in [5.41, 5.74) is 1.84. The fourth-order valence-electron chi connectivity index (χ4n) is 4.31. The van der Waals surface area contributed by atoms with Crippen molar-refractivity contribution in [3.8, 4) is 17.6 Å². The molecule has 38 heavy (non-hydrogen) atoms. The third-order valence-electron chi connectivity index (χ3n) is 6.47. The maximum atomic E-state index is 13.0. The molecule has 0 unspecified atom stereocenters. The molecular formula is C30H29ClN2O5. The molecule has 0 saturated carbocycles. The van der Waals surface area contributed by atoms with E-state index in [1.165, 1.54) is 0 Å². The number of amides is 1. The maximum Gasteiger partial charge on any atom is 0.252 e. The number of methoxy groups -OCH3 is 1. The number of benzene rings is 3. The Morgan fingerprint density at radius 3 is 2.50 bits per heavy atom. The molecule has 4 rings (SSSR count). The zero-order valence-electron chi connectivity index (χ0n) is 21.2. The van der Waals surface area contributed by atoms with E-state index in [-0.39, 0.29) is 24.5 Å². The van der Waals surface area contributed by atoms with Crippen LogP contribution in [-0.4, -0.2) is 37.6 Å². The SMILES string of the molecule is COc1ccc(COc2ccc(Cl)cc2CC(=O)Cc2cccc(C(=O)NC3(C#N)CCOCC3)c2)cc1. The lowest BCUT2D eigenvalue weighted by Gasteiger charge is -2.31. The highest BCUT2D eigenvalue weighted by molar-refractivity contribution is 6.30. The van der Waals surface area contributed by atoms with E-state index in [0.29, 0.717) is 60.1 Å². The molecule has 196 valence electrons. The third-order valence-corrected chi connectivity index (χ3v) is 6.70. The van der Waals surface area contributed by atoms with Crippen LogP contribution < -0.4 is 14.8 Å². The lowest BCUT2D eigenvalue weighted by atomic mass is 9.91. The highest BCUT2D eigenvalue weighted by Crippen LogP contribution is 2.26. The van der Waals surface area contributed by atoms with E-state index >= 15 is 0 Å². The van der Waals surface area contributed by atoms with E-state index in [1.807, 2.05) is 30.3 Å². The van der Waals surface area contributed by atoms with Gasteiger partial charge in [0.15, 0.2) is 0 Å². The molecule has 0 aliphatic carbocycles. The number of rotatable bonds is 10. The molecule has 1 amide bonds. The fourth-order valence-corrected chi connectivity index (χ4v) is 4.50. The fraction of sp³-hybridized carbons (Fsp3) is 0.300. The Labute approximate surface area is 227 Å². The molecular weight excluding hydrogens is 504 g/mol. The summed E-state index contributed by atoms with van der Waals surface area (Å²) in [5, 5.41) is 13.0. The van der Waals surface area contributed by atoms with Crippen molar-refractivity contribution in [3.63, 3.8) is 0 Å². The number of carbonyl (C=O) groups is 2. The summed E-state index contributed by atoms with van der Waals surface area (Å²) in [6.45, 7) is 1.19. The molecule has 0 bridgehead atoms. The van der Waals surface area contributed by atoms with Crippen molar-refractivity contribution in [2.45, 2.75) is 37.8 Å². The lowest BCUT2D eigenvalue weighted by Crippen LogP contribution is -2.50. The van der Waals surface area contributed by atoms with Crippen LogP contribution in [-0.2, 0) is 29.0 Å². The molecule has 0 spiro atoms. The van der Waals surface area contributed by atoms with Crippen molar-refractivity contribution in [2.24, 2.45) is 0 Å². The van der Waals surface area contributed by atoms with Crippen molar-refractivity contribution in [3.05, 3.63) is 94.0 Å². The van der Waals surface area contributed by atoms with Crippen molar-refractivity contribution in [1.29, 1.82) is 5.26 Å². The van der Waals surface area contributed by atoms with Crippen LogP contribution in [0.15, 0.2) is 66.7 Å². The van der Waals surface area contributed by atoms with Crippen molar-refractivity contribution >= 4 is 23.3 Å². The van der Waals surface area contributed by atoms with E-state index < -0.39 is 5.54 Å². The number of hydrogen-bond donors (Lipinski definition) is 1. The Kier molecular flexibility index (Phi) is 9.01. The number of hydrogen-bond acceptors (Lipinski definition) is 6. The van der Waals surface area contributed by atoms with Gasteiger partial charge in [-0.15, -0.1) is 0 Å². The summed E-state index contributed by atoms with van der Waals surface area (Å²) in [6, 6.07) is 21.9. The summed E-state index contributed by atoms with van der Waals surface area (Å²) in [4.78, 5) is 25.9. The topological polar surface area (TPSA) is 97.6 Å². The molecule has 0 atom stereocenters. The van der Waals surface area contributed by atoms with E-state index in [2.05, 4.69) is 11.4 Å². The molecule has 0 radical (unpaired) electrons. The predicted molar refractivity (Wildman–Crippen MR) is 143 cm³/mol. The molecule has 8 heteroatoms. The molecule has 1 saturated heterocycles. The second-order valence-corrected chi connectivity index (χ2v) is 9.68. The van der Waals surface area contributed by atoms with Crippen LogP contribution in [0.4, 0.5) is 0 Å². The number of nitrogens with zero attached hydrogens (tertiary/aromatic N) is 1. The molecule has 1 aliphatic rings. The highest BCUT2D eigenvalue weighted by atomic mass is 35.5. The van der Waals surface area contributed by atoms with Crippen molar-refractivity contribution in [2.75, 3.05) is 20.3 Å². The number of ether oxygens (including phenoxy) is 3. The standard InChI is InChI=1S/C30H29ClN2O5/c1-36-27-8-5-21(6-9-27)19-38-28-10-7-25(31)17-24(28)18-26(34)16-22-3-2-4-23(15-22)29(35)33-30(20-32)11-13-37-14-12-30/h2-10,15,17H,11-14,16,18-19H2,1H3,(H,33,35). The number of carbonyl (C=O) groups excluding carboxylic acids is 2. The number of nitriles is 1. The van der Waals surface area contributed by atoms with Gasteiger partial charge in [0, 0.05) is 55.0 Å². The molecule has 3 aromatic rings. The summed E-state index contributed by atoms with van der Waals surface area (Å²) >= 11 is 6.21. The number of Topliss-reactive ketones (excluding diaryl/α,β-unsaturated/α-hetero) is 1. The maximum absolute atomic E-state index is 13.0. The number of nitrogens with one attached hydrogen (secondary N) is 1. The monoisotopic (exact) mass is 532 g/mol. The number of halogens is 1. The molecule has 1 fully saturated rings. The minimum Gasteiger partial charge on any atom is -0.497 e. The first kappa shape index (κ1) is 27.2. The first-order valence-corrected chi connectivity index (χ1v) is 12.7. The Balaban J connectivity index is 1.40. The highest BCUT2D eigenvalue weighted by Gasteiger charge is 2.34. The predicted octanol–water partition coefficient (Wildman–Crippen LogP) is 5.08. The van der Waals surface area contributed by atoms with Crippen LogP contribution in [0, 0.1) is 11.3 Å². The van der Waals surface area contributed by atoms with Crippen LogP contribution in [0.5, 0.6) is 11.5 Å². The van der Waals surface area contributed by atoms with Gasteiger partial charge in [-0.05, 0) is 53.6 Å². The van der Waals surface area contributed by atoms with Gasteiger partial charge in [-0.2, -0.15) is 5.26 Å². The van der Waals surface area contributed by atoms with Crippen LogP contribution >= 0.6 is 11.6 Å². The average Bonchev–Trinajstić information content (AvgIpc) is 2.93. The summed E-state index contributed by atoms with van der Waals surface area (Å²) < 4.78 is 16.5. The zero-order valence-corrected chi connectivity index (χ0v) is 21.9. The Bertz CT molecular complexity index is 1330. The van der Waals surface area contributed by atoms with Gasteiger partial charge in [-0.1, -0.05) is 35.9 Å². The second-order valence-electron chi connectivity index (χ2n) is 9.24. The molecule has 1 N–H and O–H groups in total. The molecule has 0 aromatic heterocycles. The smallest absolute Gasteiger partial charge is 0.252 e. The first-order chi connectivity index (χ1) is 18.4. The largest absolute Gasteiger partial charge is 0.497 e. The molecule has 1 heterocycles. The Morgan fingerprint density at radius 2 is 1.79 bits per heavy atom. The average molecular weight is 533 g/mol. The van der Waals surface area contributed by atoms with Gasteiger partial charge in [0.2, 0.25) is 0 Å². The van der Waals surface area contributed by atoms with E-state index in [1.54, 1.807) is 43.5 Å². The van der Waals surface area contributed by atoms with Crippen LogP contribution in [0.1, 0.15) is 39.9 Å². The summed E-state index contributed by atoms with van der Waals surface area (Å²) in [6.07, 6.45) is 1.15. The van der Waals surface area contributed by atoms with Gasteiger partial charge in [-0.3, -0.25) is 9.59 Å². The summed E-state index contributed by atoms with van der Waals surface area (Å²) in [7, 11) is 1.62. The van der Waals surface area contributed by atoms with E-state index in [0.717, 1.165) is 11.3 Å². The van der Waals surface area contributed by atoms with Gasteiger partial charge in [0.05, 0.1) is 13.2 Å². The minimum absolute atomic E-state index is 0.0444. The van der Waals surface area contributed by atoms with Crippen molar-refractivity contribution in [1.82, 2.24) is 5.32 Å². The Hall–Kier alpha value is -3.86. The summed E-state index contributed by atoms with van der Waals surface area (Å²) in [5.74, 6) is 0.968. The van der Waals surface area contributed by atoms with E-state index in [4.69, 9.17) is 25.8 Å². The van der Waals surface area contributed by atoms with Gasteiger partial charge in [0.25, 0.3) is 5.91 Å². The van der Waals surface area contributed by atoms with Gasteiger partial charge in [0.1, 0.15) is 29.4 Å².